The molecule has 1 aliphatic heterocycles. The van der Waals surface area contributed by atoms with Crippen LogP contribution in [0, 0.1) is 5.92 Å². The Morgan fingerprint density at radius 3 is 2.74 bits per heavy atom. The van der Waals surface area contributed by atoms with E-state index in [9.17, 15) is 9.59 Å². The maximum atomic E-state index is 12.2. The van der Waals surface area contributed by atoms with Gasteiger partial charge in [0.25, 0.3) is 5.91 Å². The summed E-state index contributed by atoms with van der Waals surface area (Å²) < 4.78 is 1.51. The molecule has 0 spiro atoms. The first-order valence-corrected chi connectivity index (χ1v) is 6.60. The summed E-state index contributed by atoms with van der Waals surface area (Å²) in [7, 11) is 0. The molecule has 1 aliphatic rings. The molecule has 6 heteroatoms. The summed E-state index contributed by atoms with van der Waals surface area (Å²) in [6, 6.07) is 0. The van der Waals surface area contributed by atoms with E-state index < -0.39 is 5.97 Å². The lowest BCUT2D eigenvalue weighted by Crippen LogP contribution is -2.37. The topological polar surface area (TPSA) is 75.4 Å². The molecule has 0 radical (unpaired) electrons. The third-order valence-corrected chi connectivity index (χ3v) is 3.51. The molecule has 2 rings (SSSR count). The molecular formula is C13H19N3O3. The zero-order valence-corrected chi connectivity index (χ0v) is 11.1. The standard InChI is InChI=1S/C13H19N3O3/c1-10-2-5-15(6-3-10)13(19)11-8-14-16(9-11)7-4-12(17)18/h8-10H,2-7H2,1H3,(H,17,18). The number of carboxylic acids is 1. The summed E-state index contributed by atoms with van der Waals surface area (Å²) in [4.78, 5) is 24.5. The Morgan fingerprint density at radius 1 is 1.42 bits per heavy atom. The number of rotatable bonds is 4. The first-order valence-electron chi connectivity index (χ1n) is 6.60. The largest absolute Gasteiger partial charge is 0.481 e. The van der Waals surface area contributed by atoms with Crippen LogP contribution in [0.2, 0.25) is 0 Å². The third kappa shape index (κ3) is 3.56. The van der Waals surface area contributed by atoms with E-state index in [2.05, 4.69) is 12.0 Å². The molecule has 0 aliphatic carbocycles. The molecular weight excluding hydrogens is 246 g/mol. The van der Waals surface area contributed by atoms with Gasteiger partial charge in [-0.2, -0.15) is 5.10 Å². The number of piperidine rings is 1. The van der Waals surface area contributed by atoms with Crippen LogP contribution < -0.4 is 0 Å². The first-order chi connectivity index (χ1) is 9.06. The second-order valence-corrected chi connectivity index (χ2v) is 5.11. The lowest BCUT2D eigenvalue weighted by molar-refractivity contribution is -0.137. The highest BCUT2D eigenvalue weighted by molar-refractivity contribution is 5.93. The Labute approximate surface area is 112 Å². The van der Waals surface area contributed by atoms with Gasteiger partial charge < -0.3 is 10.0 Å². The smallest absolute Gasteiger partial charge is 0.305 e. The number of aryl methyl sites for hydroxylation is 1. The van der Waals surface area contributed by atoms with Crippen molar-refractivity contribution in [2.75, 3.05) is 13.1 Å². The summed E-state index contributed by atoms with van der Waals surface area (Å²) in [5.74, 6) is -0.191. The van der Waals surface area contributed by atoms with Crippen molar-refractivity contribution in [3.8, 4) is 0 Å². The van der Waals surface area contributed by atoms with E-state index in [0.717, 1.165) is 25.9 Å². The minimum atomic E-state index is -0.867. The van der Waals surface area contributed by atoms with E-state index in [-0.39, 0.29) is 12.3 Å². The molecule has 0 unspecified atom stereocenters. The Morgan fingerprint density at radius 2 is 2.11 bits per heavy atom. The van der Waals surface area contributed by atoms with E-state index in [4.69, 9.17) is 5.11 Å². The van der Waals surface area contributed by atoms with E-state index in [0.29, 0.717) is 18.0 Å². The average molecular weight is 265 g/mol. The van der Waals surface area contributed by atoms with Crippen LogP contribution in [-0.2, 0) is 11.3 Å². The van der Waals surface area contributed by atoms with Crippen LogP contribution in [0.3, 0.4) is 0 Å². The number of amides is 1. The Balaban J connectivity index is 1.94. The second kappa shape index (κ2) is 5.86. The molecule has 1 amide bonds. The second-order valence-electron chi connectivity index (χ2n) is 5.11. The van der Waals surface area contributed by atoms with Crippen molar-refractivity contribution in [2.24, 2.45) is 5.92 Å². The van der Waals surface area contributed by atoms with Crippen molar-refractivity contribution in [1.29, 1.82) is 0 Å². The molecule has 1 fully saturated rings. The normalized spacial score (nSPS) is 16.6. The fourth-order valence-corrected chi connectivity index (χ4v) is 2.20. The van der Waals surface area contributed by atoms with Gasteiger partial charge in [-0.05, 0) is 18.8 Å². The number of nitrogens with zero attached hydrogens (tertiary/aromatic N) is 3. The summed E-state index contributed by atoms with van der Waals surface area (Å²) in [6.07, 6.45) is 5.24. The van der Waals surface area contributed by atoms with E-state index in [1.54, 1.807) is 6.20 Å². The van der Waals surface area contributed by atoms with Gasteiger partial charge in [-0.3, -0.25) is 14.3 Å². The number of carboxylic acid groups (broad SMARTS) is 1. The fraction of sp³-hybridized carbons (Fsp3) is 0.615. The molecule has 104 valence electrons. The van der Waals surface area contributed by atoms with Crippen molar-refractivity contribution >= 4 is 11.9 Å². The predicted octanol–water partition coefficient (Wildman–Crippen LogP) is 1.23. The van der Waals surface area contributed by atoms with Gasteiger partial charge in [0.1, 0.15) is 0 Å². The van der Waals surface area contributed by atoms with Gasteiger partial charge in [0.15, 0.2) is 0 Å². The molecule has 0 aromatic carbocycles. The molecule has 1 saturated heterocycles. The van der Waals surface area contributed by atoms with Crippen molar-refractivity contribution in [3.63, 3.8) is 0 Å². The Hall–Kier alpha value is -1.85. The molecule has 0 bridgehead atoms. The van der Waals surface area contributed by atoms with Crippen LogP contribution >= 0.6 is 0 Å². The Kier molecular flexibility index (Phi) is 4.19. The Bertz CT molecular complexity index is 461. The van der Waals surface area contributed by atoms with Crippen LogP contribution in [-0.4, -0.2) is 44.8 Å². The fourth-order valence-electron chi connectivity index (χ4n) is 2.20. The molecule has 0 atom stereocenters. The van der Waals surface area contributed by atoms with Crippen LogP contribution in [0.4, 0.5) is 0 Å². The highest BCUT2D eigenvalue weighted by Gasteiger charge is 2.22. The van der Waals surface area contributed by atoms with Gasteiger partial charge in [0.2, 0.25) is 0 Å². The van der Waals surface area contributed by atoms with Gasteiger partial charge in [0.05, 0.1) is 24.7 Å². The molecule has 0 saturated carbocycles. The monoisotopic (exact) mass is 265 g/mol. The molecule has 19 heavy (non-hydrogen) atoms. The van der Waals surface area contributed by atoms with Gasteiger partial charge in [0, 0.05) is 19.3 Å². The van der Waals surface area contributed by atoms with Crippen LogP contribution in [0.5, 0.6) is 0 Å². The van der Waals surface area contributed by atoms with E-state index in [1.807, 2.05) is 4.90 Å². The molecule has 6 nitrogen and oxygen atoms in total. The van der Waals surface area contributed by atoms with Crippen molar-refractivity contribution in [2.45, 2.75) is 32.7 Å². The minimum Gasteiger partial charge on any atom is -0.481 e. The van der Waals surface area contributed by atoms with Gasteiger partial charge >= 0.3 is 5.97 Å². The van der Waals surface area contributed by atoms with Gasteiger partial charge in [-0.15, -0.1) is 0 Å². The van der Waals surface area contributed by atoms with Crippen LogP contribution in [0.15, 0.2) is 12.4 Å². The summed E-state index contributed by atoms with van der Waals surface area (Å²) >= 11 is 0. The van der Waals surface area contributed by atoms with Gasteiger partial charge in [-0.1, -0.05) is 6.92 Å². The first kappa shape index (κ1) is 13.6. The zero-order valence-electron chi connectivity index (χ0n) is 11.1. The quantitative estimate of drug-likeness (QED) is 0.888. The maximum Gasteiger partial charge on any atom is 0.305 e. The third-order valence-electron chi connectivity index (χ3n) is 3.51. The highest BCUT2D eigenvalue weighted by Crippen LogP contribution is 2.17. The lowest BCUT2D eigenvalue weighted by atomic mass is 9.99. The number of carbonyl (C=O) groups excluding carboxylic acids is 1. The molecule has 1 N–H and O–H groups in total. The number of aliphatic carboxylic acids is 1. The van der Waals surface area contributed by atoms with E-state index in [1.165, 1.54) is 10.9 Å². The van der Waals surface area contributed by atoms with Crippen molar-refractivity contribution in [1.82, 2.24) is 14.7 Å². The number of hydrogen-bond acceptors (Lipinski definition) is 3. The van der Waals surface area contributed by atoms with E-state index >= 15 is 0 Å². The summed E-state index contributed by atoms with van der Waals surface area (Å²) in [5, 5.41) is 12.6. The minimum absolute atomic E-state index is 0.00604. The molecule has 1 aromatic rings. The highest BCUT2D eigenvalue weighted by atomic mass is 16.4. The van der Waals surface area contributed by atoms with Crippen LogP contribution in [0.1, 0.15) is 36.5 Å². The molecule has 1 aromatic heterocycles. The number of aromatic nitrogens is 2. The molecule has 2 heterocycles. The summed E-state index contributed by atoms with van der Waals surface area (Å²) in [5.41, 5.74) is 0.542. The SMILES string of the molecule is CC1CCN(C(=O)c2cnn(CCC(=O)O)c2)CC1. The van der Waals surface area contributed by atoms with Crippen molar-refractivity contribution < 1.29 is 14.7 Å². The maximum absolute atomic E-state index is 12.2. The number of hydrogen-bond donors (Lipinski definition) is 1. The van der Waals surface area contributed by atoms with Crippen molar-refractivity contribution in [3.05, 3.63) is 18.0 Å². The average Bonchev–Trinajstić information content (AvgIpc) is 2.85. The predicted molar refractivity (Wildman–Crippen MR) is 68.8 cm³/mol. The zero-order chi connectivity index (χ0) is 13.8. The van der Waals surface area contributed by atoms with Gasteiger partial charge in [-0.25, -0.2) is 0 Å². The lowest BCUT2D eigenvalue weighted by Gasteiger charge is -2.29. The van der Waals surface area contributed by atoms with Crippen LogP contribution in [0.25, 0.3) is 0 Å². The number of carbonyl (C=O) groups is 2. The summed E-state index contributed by atoms with van der Waals surface area (Å²) in [6.45, 7) is 4.08. The number of likely N-dealkylation sites (tertiary alicyclic amines) is 1.